The van der Waals surface area contributed by atoms with E-state index in [0.29, 0.717) is 10.9 Å². The van der Waals surface area contributed by atoms with E-state index in [-0.39, 0.29) is 11.3 Å². The summed E-state index contributed by atoms with van der Waals surface area (Å²) in [5, 5.41) is 4.95. The maximum absolute atomic E-state index is 12.5. The van der Waals surface area contributed by atoms with E-state index in [1.54, 1.807) is 18.2 Å². The van der Waals surface area contributed by atoms with Crippen LogP contribution in [-0.2, 0) is 9.53 Å². The van der Waals surface area contributed by atoms with E-state index in [0.717, 1.165) is 11.3 Å². The van der Waals surface area contributed by atoms with Gasteiger partial charge in [0.05, 0.1) is 19.9 Å². The largest absolute Gasteiger partial charge is 0.493 e. The lowest BCUT2D eigenvalue weighted by molar-refractivity contribution is -0.123. The number of thiazole rings is 1. The van der Waals surface area contributed by atoms with Crippen LogP contribution in [0.25, 0.3) is 11.3 Å². The Morgan fingerprint density at radius 1 is 1.03 bits per heavy atom. The molecule has 0 aliphatic carbocycles. The van der Waals surface area contributed by atoms with Crippen molar-refractivity contribution < 1.29 is 23.8 Å². The van der Waals surface area contributed by atoms with Crippen LogP contribution in [-0.4, -0.2) is 37.2 Å². The summed E-state index contributed by atoms with van der Waals surface area (Å²) in [6, 6.07) is 14.5. The van der Waals surface area contributed by atoms with Crippen molar-refractivity contribution >= 4 is 28.3 Å². The van der Waals surface area contributed by atoms with Crippen LogP contribution in [0.15, 0.2) is 53.9 Å². The van der Waals surface area contributed by atoms with Gasteiger partial charge in [-0.2, -0.15) is 0 Å². The summed E-state index contributed by atoms with van der Waals surface area (Å²) in [7, 11) is 2.90. The molecule has 1 N–H and O–H groups in total. The van der Waals surface area contributed by atoms with E-state index < -0.39 is 18.0 Å². The molecule has 8 heteroatoms. The molecule has 1 amide bonds. The lowest BCUT2D eigenvalue weighted by atomic mass is 10.2. The fraction of sp³-hybridized carbons (Fsp3) is 0.190. The quantitative estimate of drug-likeness (QED) is 0.590. The number of nitrogens with one attached hydrogen (secondary N) is 1. The van der Waals surface area contributed by atoms with Crippen LogP contribution < -0.4 is 14.8 Å². The Kier molecular flexibility index (Phi) is 6.46. The summed E-state index contributed by atoms with van der Waals surface area (Å²) >= 11 is 1.30. The number of para-hydroxylation sites is 1. The Balaban J connectivity index is 1.66. The minimum Gasteiger partial charge on any atom is -0.493 e. The SMILES string of the molecule is COc1cccc(C(=O)O[C@@H](C)C(=O)Nc2nc(-c3ccccc3)cs2)c1OC. The number of amides is 1. The topological polar surface area (TPSA) is 86.8 Å². The van der Waals surface area contributed by atoms with Crippen molar-refractivity contribution in [3.05, 3.63) is 59.5 Å². The van der Waals surface area contributed by atoms with Gasteiger partial charge < -0.3 is 14.2 Å². The molecule has 0 radical (unpaired) electrons. The van der Waals surface area contributed by atoms with Crippen molar-refractivity contribution in [1.29, 1.82) is 0 Å². The number of carbonyl (C=O) groups excluding carboxylic acids is 2. The lowest BCUT2D eigenvalue weighted by Crippen LogP contribution is -2.30. The zero-order valence-corrected chi connectivity index (χ0v) is 17.0. The molecule has 7 nitrogen and oxygen atoms in total. The van der Waals surface area contributed by atoms with Gasteiger partial charge in [0.1, 0.15) is 5.56 Å². The van der Waals surface area contributed by atoms with E-state index in [2.05, 4.69) is 10.3 Å². The van der Waals surface area contributed by atoms with Gasteiger partial charge in [0, 0.05) is 10.9 Å². The monoisotopic (exact) mass is 412 g/mol. The predicted molar refractivity (Wildman–Crippen MR) is 111 cm³/mol. The average molecular weight is 412 g/mol. The Labute approximate surface area is 172 Å². The molecule has 1 atom stereocenters. The standard InChI is InChI=1S/C21H20N2O5S/c1-13(28-20(25)15-10-7-11-17(26-2)18(15)27-3)19(24)23-21-22-16(12-29-21)14-8-5-4-6-9-14/h4-13H,1-3H3,(H,22,23,24)/t13-/m0/s1. The number of carbonyl (C=O) groups is 2. The van der Waals surface area contributed by atoms with Crippen LogP contribution in [0.4, 0.5) is 5.13 Å². The first-order valence-electron chi connectivity index (χ1n) is 8.77. The first-order chi connectivity index (χ1) is 14.0. The highest BCUT2D eigenvalue weighted by molar-refractivity contribution is 7.14. The maximum Gasteiger partial charge on any atom is 0.342 e. The summed E-state index contributed by atoms with van der Waals surface area (Å²) in [4.78, 5) is 29.3. The zero-order valence-electron chi connectivity index (χ0n) is 16.2. The van der Waals surface area contributed by atoms with Gasteiger partial charge in [0.25, 0.3) is 5.91 Å². The van der Waals surface area contributed by atoms with Crippen molar-refractivity contribution in [3.8, 4) is 22.8 Å². The summed E-state index contributed by atoms with van der Waals surface area (Å²) < 4.78 is 15.7. The molecule has 0 spiro atoms. The summed E-state index contributed by atoms with van der Waals surface area (Å²) in [5.74, 6) is -0.517. The van der Waals surface area contributed by atoms with Crippen molar-refractivity contribution in [3.63, 3.8) is 0 Å². The molecule has 3 aromatic rings. The smallest absolute Gasteiger partial charge is 0.342 e. The molecule has 0 unspecified atom stereocenters. The maximum atomic E-state index is 12.5. The number of nitrogens with zero attached hydrogens (tertiary/aromatic N) is 1. The van der Waals surface area contributed by atoms with Crippen molar-refractivity contribution in [2.24, 2.45) is 0 Å². The normalized spacial score (nSPS) is 11.4. The van der Waals surface area contributed by atoms with E-state index in [9.17, 15) is 9.59 Å². The van der Waals surface area contributed by atoms with E-state index in [4.69, 9.17) is 14.2 Å². The third-order valence-electron chi connectivity index (χ3n) is 4.08. The Morgan fingerprint density at radius 2 is 1.79 bits per heavy atom. The van der Waals surface area contributed by atoms with Gasteiger partial charge in [0.2, 0.25) is 0 Å². The van der Waals surface area contributed by atoms with Crippen LogP contribution >= 0.6 is 11.3 Å². The second kappa shape index (κ2) is 9.20. The minimum absolute atomic E-state index is 0.173. The average Bonchev–Trinajstić information content (AvgIpc) is 3.22. The number of benzene rings is 2. The van der Waals surface area contributed by atoms with Gasteiger partial charge >= 0.3 is 5.97 Å². The molecule has 29 heavy (non-hydrogen) atoms. The fourth-order valence-electron chi connectivity index (χ4n) is 2.61. The molecule has 1 aromatic heterocycles. The van der Waals surface area contributed by atoms with E-state index >= 15 is 0 Å². The molecule has 1 heterocycles. The highest BCUT2D eigenvalue weighted by Crippen LogP contribution is 2.31. The third kappa shape index (κ3) is 4.72. The third-order valence-corrected chi connectivity index (χ3v) is 4.84. The van der Waals surface area contributed by atoms with E-state index in [1.165, 1.54) is 32.5 Å². The molecular formula is C21H20N2O5S. The lowest BCUT2D eigenvalue weighted by Gasteiger charge is -2.15. The van der Waals surface area contributed by atoms with Gasteiger partial charge in [-0.25, -0.2) is 9.78 Å². The Bertz CT molecular complexity index is 1000. The van der Waals surface area contributed by atoms with Gasteiger partial charge in [-0.05, 0) is 19.1 Å². The number of methoxy groups -OCH3 is 2. The van der Waals surface area contributed by atoms with Gasteiger partial charge in [-0.3, -0.25) is 10.1 Å². The molecule has 0 saturated heterocycles. The molecule has 150 valence electrons. The molecule has 2 aromatic carbocycles. The molecule has 0 bridgehead atoms. The van der Waals surface area contributed by atoms with Crippen molar-refractivity contribution in [2.75, 3.05) is 19.5 Å². The molecule has 0 aliphatic rings. The van der Waals surface area contributed by atoms with Gasteiger partial charge in [-0.1, -0.05) is 36.4 Å². The molecular weight excluding hydrogens is 392 g/mol. The molecule has 0 fully saturated rings. The number of aromatic nitrogens is 1. The number of ether oxygens (including phenoxy) is 3. The highest BCUT2D eigenvalue weighted by atomic mass is 32.1. The highest BCUT2D eigenvalue weighted by Gasteiger charge is 2.23. The fourth-order valence-corrected chi connectivity index (χ4v) is 3.33. The van der Waals surface area contributed by atoms with Crippen LogP contribution in [0.2, 0.25) is 0 Å². The first-order valence-corrected chi connectivity index (χ1v) is 9.65. The number of esters is 1. The van der Waals surface area contributed by atoms with Gasteiger partial charge in [0.15, 0.2) is 22.7 Å². The minimum atomic E-state index is -1.03. The number of hydrogen-bond acceptors (Lipinski definition) is 7. The zero-order chi connectivity index (χ0) is 20.8. The summed E-state index contributed by atoms with van der Waals surface area (Å²) in [5.41, 5.74) is 1.89. The van der Waals surface area contributed by atoms with Crippen molar-refractivity contribution in [2.45, 2.75) is 13.0 Å². The van der Waals surface area contributed by atoms with Crippen LogP contribution in [0.1, 0.15) is 17.3 Å². The first kappa shape index (κ1) is 20.3. The summed E-state index contributed by atoms with van der Waals surface area (Å²) in [6.45, 7) is 1.49. The molecule has 0 aliphatic heterocycles. The second-order valence-corrected chi connectivity index (χ2v) is 6.84. The van der Waals surface area contributed by atoms with Crippen LogP contribution in [0.5, 0.6) is 11.5 Å². The second-order valence-electron chi connectivity index (χ2n) is 5.98. The number of anilines is 1. The Morgan fingerprint density at radius 3 is 2.48 bits per heavy atom. The number of hydrogen-bond donors (Lipinski definition) is 1. The predicted octanol–water partition coefficient (Wildman–Crippen LogP) is 4.01. The molecule has 0 saturated carbocycles. The van der Waals surface area contributed by atoms with E-state index in [1.807, 2.05) is 35.7 Å². The van der Waals surface area contributed by atoms with Crippen LogP contribution in [0.3, 0.4) is 0 Å². The summed E-state index contributed by atoms with van der Waals surface area (Å²) in [6.07, 6.45) is -1.03. The Hall–Kier alpha value is -3.39. The molecule has 3 rings (SSSR count). The van der Waals surface area contributed by atoms with Gasteiger partial charge in [-0.15, -0.1) is 11.3 Å². The number of rotatable bonds is 7. The van der Waals surface area contributed by atoms with Crippen LogP contribution in [0, 0.1) is 0 Å². The van der Waals surface area contributed by atoms with Crippen molar-refractivity contribution in [1.82, 2.24) is 4.98 Å².